The monoisotopic (exact) mass is 274 g/mol. The van der Waals surface area contributed by atoms with Crippen LogP contribution in [0.3, 0.4) is 0 Å². The van der Waals surface area contributed by atoms with Crippen molar-refractivity contribution in [3.63, 3.8) is 0 Å². The lowest BCUT2D eigenvalue weighted by atomic mass is 10.2. The number of aryl methyl sites for hydroxylation is 1. The fourth-order valence-electron chi connectivity index (χ4n) is 2.14. The SMILES string of the molecule is Cc1cncc(CN(CCCl)Cc2ccccc2)c1. The maximum atomic E-state index is 5.90. The summed E-state index contributed by atoms with van der Waals surface area (Å²) in [6.45, 7) is 4.75. The molecule has 1 heterocycles. The van der Waals surface area contributed by atoms with E-state index in [-0.39, 0.29) is 0 Å². The van der Waals surface area contributed by atoms with Gasteiger partial charge in [-0.3, -0.25) is 9.88 Å². The summed E-state index contributed by atoms with van der Waals surface area (Å²) in [7, 11) is 0. The van der Waals surface area contributed by atoms with Crippen LogP contribution in [0.4, 0.5) is 0 Å². The molecular weight excluding hydrogens is 256 g/mol. The molecule has 0 atom stereocenters. The van der Waals surface area contributed by atoms with E-state index in [4.69, 9.17) is 11.6 Å². The third-order valence-electron chi connectivity index (χ3n) is 2.99. The first-order valence-electron chi connectivity index (χ1n) is 6.50. The van der Waals surface area contributed by atoms with E-state index >= 15 is 0 Å². The zero-order chi connectivity index (χ0) is 13.5. The molecule has 0 unspecified atom stereocenters. The molecule has 0 spiro atoms. The number of aromatic nitrogens is 1. The molecule has 2 rings (SSSR count). The van der Waals surface area contributed by atoms with Crippen LogP contribution in [0.5, 0.6) is 0 Å². The van der Waals surface area contributed by atoms with E-state index < -0.39 is 0 Å². The van der Waals surface area contributed by atoms with Gasteiger partial charge in [0.05, 0.1) is 0 Å². The molecule has 1 aromatic carbocycles. The molecule has 0 aliphatic rings. The second kappa shape index (κ2) is 7.27. The van der Waals surface area contributed by atoms with Crippen LogP contribution in [-0.4, -0.2) is 22.3 Å². The Hall–Kier alpha value is -1.38. The summed E-state index contributed by atoms with van der Waals surface area (Å²) in [5.41, 5.74) is 3.75. The zero-order valence-corrected chi connectivity index (χ0v) is 12.0. The number of alkyl halides is 1. The van der Waals surface area contributed by atoms with Gasteiger partial charge in [0.2, 0.25) is 0 Å². The highest BCUT2D eigenvalue weighted by molar-refractivity contribution is 6.18. The van der Waals surface area contributed by atoms with E-state index in [0.29, 0.717) is 5.88 Å². The largest absolute Gasteiger partial charge is 0.294 e. The van der Waals surface area contributed by atoms with E-state index in [1.807, 2.05) is 18.5 Å². The number of nitrogens with zero attached hydrogens (tertiary/aromatic N) is 2. The Bertz CT molecular complexity index is 499. The van der Waals surface area contributed by atoms with E-state index in [0.717, 1.165) is 19.6 Å². The van der Waals surface area contributed by atoms with Crippen LogP contribution in [0.25, 0.3) is 0 Å². The number of hydrogen-bond donors (Lipinski definition) is 0. The highest BCUT2D eigenvalue weighted by atomic mass is 35.5. The van der Waals surface area contributed by atoms with E-state index in [2.05, 4.69) is 47.1 Å². The number of hydrogen-bond acceptors (Lipinski definition) is 2. The lowest BCUT2D eigenvalue weighted by Crippen LogP contribution is -2.25. The number of pyridine rings is 1. The van der Waals surface area contributed by atoms with E-state index in [1.165, 1.54) is 16.7 Å². The van der Waals surface area contributed by atoms with Gasteiger partial charge in [-0.1, -0.05) is 36.4 Å². The first-order chi connectivity index (χ1) is 9.28. The van der Waals surface area contributed by atoms with Gasteiger partial charge in [0.15, 0.2) is 0 Å². The predicted octanol–water partition coefficient (Wildman–Crippen LogP) is 3.63. The second-order valence-electron chi connectivity index (χ2n) is 4.76. The lowest BCUT2D eigenvalue weighted by molar-refractivity contribution is 0.273. The molecule has 1 aromatic heterocycles. The average Bonchev–Trinajstić information content (AvgIpc) is 2.40. The summed E-state index contributed by atoms with van der Waals surface area (Å²) in [5, 5.41) is 0. The van der Waals surface area contributed by atoms with E-state index in [9.17, 15) is 0 Å². The predicted molar refractivity (Wildman–Crippen MR) is 80.3 cm³/mol. The van der Waals surface area contributed by atoms with Crippen molar-refractivity contribution in [1.82, 2.24) is 9.88 Å². The summed E-state index contributed by atoms with van der Waals surface area (Å²) >= 11 is 5.90. The normalized spacial score (nSPS) is 10.9. The summed E-state index contributed by atoms with van der Waals surface area (Å²) in [6.07, 6.45) is 3.81. The van der Waals surface area contributed by atoms with Crippen molar-refractivity contribution in [2.45, 2.75) is 20.0 Å². The first-order valence-corrected chi connectivity index (χ1v) is 7.04. The highest BCUT2D eigenvalue weighted by Gasteiger charge is 2.07. The topological polar surface area (TPSA) is 16.1 Å². The van der Waals surface area contributed by atoms with Gasteiger partial charge in [0, 0.05) is 37.9 Å². The van der Waals surface area contributed by atoms with Crippen LogP contribution in [0, 0.1) is 6.92 Å². The quantitative estimate of drug-likeness (QED) is 0.748. The number of halogens is 1. The number of rotatable bonds is 6. The Balaban J connectivity index is 2.04. The van der Waals surface area contributed by atoms with Crippen molar-refractivity contribution >= 4 is 11.6 Å². The van der Waals surface area contributed by atoms with Gasteiger partial charge in [0.25, 0.3) is 0 Å². The van der Waals surface area contributed by atoms with Crippen LogP contribution in [0.1, 0.15) is 16.7 Å². The minimum Gasteiger partial charge on any atom is -0.294 e. The van der Waals surface area contributed by atoms with E-state index in [1.54, 1.807) is 0 Å². The average molecular weight is 275 g/mol. The van der Waals surface area contributed by atoms with Gasteiger partial charge in [-0.15, -0.1) is 11.6 Å². The van der Waals surface area contributed by atoms with Crippen molar-refractivity contribution in [3.8, 4) is 0 Å². The highest BCUT2D eigenvalue weighted by Crippen LogP contribution is 2.10. The lowest BCUT2D eigenvalue weighted by Gasteiger charge is -2.21. The zero-order valence-electron chi connectivity index (χ0n) is 11.2. The molecule has 100 valence electrons. The molecule has 0 radical (unpaired) electrons. The van der Waals surface area contributed by atoms with Gasteiger partial charge < -0.3 is 0 Å². The molecular formula is C16H19ClN2. The smallest absolute Gasteiger partial charge is 0.0351 e. The summed E-state index contributed by atoms with van der Waals surface area (Å²) in [5.74, 6) is 0.645. The van der Waals surface area contributed by atoms with Crippen LogP contribution in [0.2, 0.25) is 0 Å². The minimum absolute atomic E-state index is 0.645. The van der Waals surface area contributed by atoms with Gasteiger partial charge in [-0.2, -0.15) is 0 Å². The Morgan fingerprint density at radius 2 is 1.79 bits per heavy atom. The van der Waals surface area contributed by atoms with Crippen molar-refractivity contribution < 1.29 is 0 Å². The maximum Gasteiger partial charge on any atom is 0.0351 e. The third kappa shape index (κ3) is 4.66. The second-order valence-corrected chi connectivity index (χ2v) is 5.13. The van der Waals surface area contributed by atoms with Crippen LogP contribution < -0.4 is 0 Å². The van der Waals surface area contributed by atoms with Crippen molar-refractivity contribution in [3.05, 3.63) is 65.5 Å². The van der Waals surface area contributed by atoms with Crippen molar-refractivity contribution in [2.75, 3.05) is 12.4 Å². The molecule has 0 amide bonds. The van der Waals surface area contributed by atoms with Gasteiger partial charge in [0.1, 0.15) is 0 Å². The fourth-order valence-corrected chi connectivity index (χ4v) is 2.38. The molecule has 0 aliphatic carbocycles. The minimum atomic E-state index is 0.645. The summed E-state index contributed by atoms with van der Waals surface area (Å²) in [6, 6.07) is 12.7. The molecule has 0 N–H and O–H groups in total. The third-order valence-corrected chi connectivity index (χ3v) is 3.16. The summed E-state index contributed by atoms with van der Waals surface area (Å²) < 4.78 is 0. The Morgan fingerprint density at radius 3 is 2.47 bits per heavy atom. The molecule has 2 nitrogen and oxygen atoms in total. The van der Waals surface area contributed by atoms with Crippen LogP contribution in [0.15, 0.2) is 48.8 Å². The Morgan fingerprint density at radius 1 is 1.05 bits per heavy atom. The standard InChI is InChI=1S/C16H19ClN2/c1-14-9-16(11-18-10-14)13-19(8-7-17)12-15-5-3-2-4-6-15/h2-6,9-11H,7-8,12-13H2,1H3. The molecule has 0 bridgehead atoms. The Labute approximate surface area is 120 Å². The fraction of sp³-hybridized carbons (Fsp3) is 0.312. The number of benzene rings is 1. The molecule has 3 heteroatoms. The summed E-state index contributed by atoms with van der Waals surface area (Å²) in [4.78, 5) is 6.59. The van der Waals surface area contributed by atoms with Gasteiger partial charge >= 0.3 is 0 Å². The molecule has 0 saturated heterocycles. The molecule has 0 saturated carbocycles. The maximum absolute atomic E-state index is 5.90. The van der Waals surface area contributed by atoms with Crippen LogP contribution >= 0.6 is 11.6 Å². The molecule has 0 fully saturated rings. The van der Waals surface area contributed by atoms with Crippen molar-refractivity contribution in [2.24, 2.45) is 0 Å². The molecule has 19 heavy (non-hydrogen) atoms. The molecule has 2 aromatic rings. The van der Waals surface area contributed by atoms with Crippen molar-refractivity contribution in [1.29, 1.82) is 0 Å². The Kier molecular flexibility index (Phi) is 5.37. The van der Waals surface area contributed by atoms with Gasteiger partial charge in [-0.05, 0) is 23.6 Å². The molecule has 0 aliphatic heterocycles. The van der Waals surface area contributed by atoms with Gasteiger partial charge in [-0.25, -0.2) is 0 Å². The first kappa shape index (κ1) is 14.0. The van der Waals surface area contributed by atoms with Crippen LogP contribution in [-0.2, 0) is 13.1 Å².